The van der Waals surface area contributed by atoms with E-state index in [-0.39, 0.29) is 18.2 Å². The van der Waals surface area contributed by atoms with Crippen LogP contribution in [0, 0.1) is 5.41 Å². The van der Waals surface area contributed by atoms with Gasteiger partial charge in [-0.2, -0.15) is 0 Å². The van der Waals surface area contributed by atoms with Gasteiger partial charge in [0.2, 0.25) is 0 Å². The number of carbonyl (C=O) groups excluding carboxylic acids is 2. The van der Waals surface area contributed by atoms with Crippen LogP contribution in [0.3, 0.4) is 0 Å². The first-order valence-corrected chi connectivity index (χ1v) is 12.0. The highest BCUT2D eigenvalue weighted by molar-refractivity contribution is 6.09. The Hall–Kier alpha value is -4.08. The number of benzene rings is 1. The van der Waals surface area contributed by atoms with Crippen molar-refractivity contribution < 1.29 is 23.8 Å². The molecule has 2 heterocycles. The van der Waals surface area contributed by atoms with Crippen molar-refractivity contribution in [2.75, 3.05) is 25.8 Å². The van der Waals surface area contributed by atoms with Crippen LogP contribution < -0.4 is 20.5 Å². The van der Waals surface area contributed by atoms with Crippen molar-refractivity contribution in [3.8, 4) is 17.0 Å². The number of ether oxygens (including phenoxy) is 3. The number of carbonyl (C=O) groups is 2. The molecular weight excluding hydrogens is 476 g/mol. The number of fused-ring (bicyclic) bond motifs is 3. The summed E-state index contributed by atoms with van der Waals surface area (Å²) in [4.78, 5) is 37.2. The third-order valence-electron chi connectivity index (χ3n) is 6.18. The Morgan fingerprint density at radius 1 is 1.19 bits per heavy atom. The Morgan fingerprint density at radius 2 is 1.89 bits per heavy atom. The third-order valence-corrected chi connectivity index (χ3v) is 6.18. The van der Waals surface area contributed by atoms with E-state index in [0.717, 1.165) is 11.1 Å². The minimum absolute atomic E-state index is 0.0373. The van der Waals surface area contributed by atoms with Crippen molar-refractivity contribution in [2.45, 2.75) is 52.7 Å². The second kappa shape index (κ2) is 10.9. The first-order valence-electron chi connectivity index (χ1n) is 12.0. The molecule has 1 aliphatic rings. The van der Waals surface area contributed by atoms with E-state index in [1.807, 2.05) is 31.0 Å². The minimum Gasteiger partial charge on any atom is -0.496 e. The summed E-state index contributed by atoms with van der Waals surface area (Å²) >= 11 is 0. The molecule has 0 atom stereocenters. The predicted molar refractivity (Wildman–Crippen MR) is 142 cm³/mol. The molecule has 2 N–H and O–H groups in total. The molecule has 0 saturated carbocycles. The van der Waals surface area contributed by atoms with E-state index in [1.165, 1.54) is 32.7 Å². The maximum absolute atomic E-state index is 12.8. The van der Waals surface area contributed by atoms with E-state index in [0.29, 0.717) is 29.1 Å². The van der Waals surface area contributed by atoms with Crippen LogP contribution >= 0.6 is 0 Å². The van der Waals surface area contributed by atoms with Crippen molar-refractivity contribution in [3.05, 3.63) is 57.5 Å². The Morgan fingerprint density at radius 3 is 2.46 bits per heavy atom. The fraction of sp³-hybridized carbons (Fsp3) is 0.407. The molecule has 37 heavy (non-hydrogen) atoms. The summed E-state index contributed by atoms with van der Waals surface area (Å²) in [6.45, 7) is 9.91. The van der Waals surface area contributed by atoms with Crippen molar-refractivity contribution in [3.63, 3.8) is 0 Å². The van der Waals surface area contributed by atoms with Crippen LogP contribution in [-0.2, 0) is 20.8 Å². The van der Waals surface area contributed by atoms with Crippen LogP contribution in [0.2, 0.25) is 0 Å². The molecule has 1 aromatic heterocycles. The predicted octanol–water partition coefficient (Wildman–Crippen LogP) is 3.09. The quantitative estimate of drug-likeness (QED) is 0.390. The van der Waals surface area contributed by atoms with Gasteiger partial charge in [-0.25, -0.2) is 9.59 Å². The van der Waals surface area contributed by atoms with Gasteiger partial charge in [0.05, 0.1) is 33.1 Å². The summed E-state index contributed by atoms with van der Waals surface area (Å²) in [5, 5.41) is 13.1. The highest BCUT2D eigenvalue weighted by Crippen LogP contribution is 2.37. The summed E-state index contributed by atoms with van der Waals surface area (Å²) in [7, 11) is 2.77. The van der Waals surface area contributed by atoms with Crippen molar-refractivity contribution >= 4 is 23.7 Å². The number of esters is 2. The van der Waals surface area contributed by atoms with Gasteiger partial charge in [-0.05, 0) is 52.3 Å². The van der Waals surface area contributed by atoms with Crippen molar-refractivity contribution in [1.82, 2.24) is 9.99 Å². The number of pyridine rings is 1. The van der Waals surface area contributed by atoms with Crippen molar-refractivity contribution in [1.29, 1.82) is 5.41 Å². The van der Waals surface area contributed by atoms with Gasteiger partial charge >= 0.3 is 11.9 Å². The lowest BCUT2D eigenvalue weighted by Gasteiger charge is -2.38. The Labute approximate surface area is 216 Å². The first kappa shape index (κ1) is 27.5. The number of hydrogen-bond donors (Lipinski definition) is 2. The van der Waals surface area contributed by atoms with Gasteiger partial charge in [-0.15, -0.1) is 0 Å². The normalized spacial score (nSPS) is 13.0. The zero-order valence-electron chi connectivity index (χ0n) is 22.3. The number of nitrogens with zero attached hydrogens (tertiary/aromatic N) is 2. The van der Waals surface area contributed by atoms with E-state index >= 15 is 0 Å². The third kappa shape index (κ3) is 5.37. The van der Waals surface area contributed by atoms with Gasteiger partial charge in [-0.1, -0.05) is 0 Å². The summed E-state index contributed by atoms with van der Waals surface area (Å²) in [6.07, 6.45) is 4.29. The molecule has 0 amide bonds. The lowest BCUT2D eigenvalue weighted by molar-refractivity contribution is -0.149. The van der Waals surface area contributed by atoms with Gasteiger partial charge < -0.3 is 29.9 Å². The number of hydrogen-bond acceptors (Lipinski definition) is 9. The monoisotopic (exact) mass is 510 g/mol. The van der Waals surface area contributed by atoms with Gasteiger partial charge in [0.1, 0.15) is 16.9 Å². The maximum Gasteiger partial charge on any atom is 0.343 e. The molecule has 0 bridgehead atoms. The van der Waals surface area contributed by atoms with Gasteiger partial charge in [0.25, 0.3) is 0 Å². The van der Waals surface area contributed by atoms with Crippen LogP contribution in [0.15, 0.2) is 35.4 Å². The van der Waals surface area contributed by atoms with Crippen LogP contribution in [0.25, 0.3) is 16.8 Å². The second-order valence-corrected chi connectivity index (χ2v) is 9.41. The average Bonchev–Trinajstić information content (AvgIpc) is 2.87. The molecule has 0 unspecified atom stereocenters. The smallest absolute Gasteiger partial charge is 0.343 e. The van der Waals surface area contributed by atoms with Crippen LogP contribution in [0.4, 0.5) is 0 Å². The fourth-order valence-electron chi connectivity index (χ4n) is 4.10. The van der Waals surface area contributed by atoms with Gasteiger partial charge in [0.15, 0.2) is 5.43 Å². The molecule has 1 aromatic carbocycles. The fourth-order valence-corrected chi connectivity index (χ4v) is 4.10. The highest BCUT2D eigenvalue weighted by atomic mass is 16.5. The molecule has 10 heteroatoms. The van der Waals surface area contributed by atoms with E-state index in [1.54, 1.807) is 31.6 Å². The van der Waals surface area contributed by atoms with E-state index in [2.05, 4.69) is 5.32 Å². The van der Waals surface area contributed by atoms with E-state index in [9.17, 15) is 14.4 Å². The zero-order valence-corrected chi connectivity index (χ0v) is 22.3. The second-order valence-electron chi connectivity index (χ2n) is 9.41. The van der Waals surface area contributed by atoms with Crippen LogP contribution in [0.1, 0.15) is 56.1 Å². The Balaban J connectivity index is 2.16. The van der Waals surface area contributed by atoms with E-state index < -0.39 is 22.9 Å². The van der Waals surface area contributed by atoms with Gasteiger partial charge in [-0.3, -0.25) is 9.47 Å². The topological polar surface area (TPSA) is 123 Å². The number of methoxy groups -OCH3 is 2. The summed E-state index contributed by atoms with van der Waals surface area (Å²) in [5.74, 6) is -0.617. The standard InChI is InChI=1S/C27H34N4O6/c1-8-37-26(34)27(4,5)29-13-18(12-28)20-9-17-14-30(16(2)3)31-15-21(25(33)36-7)23(32)11-22(31)19(17)10-24(20)35-6/h9-13,15-16,28-29H,8,14H2,1-7H3/b18-13+,28-12?. The molecule has 198 valence electrons. The minimum atomic E-state index is -1.00. The molecule has 2 aromatic rings. The molecule has 0 spiro atoms. The molecule has 0 saturated heterocycles. The largest absolute Gasteiger partial charge is 0.496 e. The molecular formula is C27H34N4O6. The van der Waals surface area contributed by atoms with Crippen LogP contribution in [0.5, 0.6) is 5.75 Å². The maximum atomic E-state index is 12.8. The van der Waals surface area contributed by atoms with E-state index in [4.69, 9.17) is 19.6 Å². The van der Waals surface area contributed by atoms with Crippen LogP contribution in [-0.4, -0.2) is 55.2 Å². The molecule has 0 aliphatic carbocycles. The van der Waals surface area contributed by atoms with Crippen molar-refractivity contribution in [2.24, 2.45) is 0 Å². The average molecular weight is 511 g/mol. The number of rotatable bonds is 9. The summed E-state index contributed by atoms with van der Waals surface area (Å²) in [5.41, 5.74) is 1.95. The zero-order chi connectivity index (χ0) is 27.5. The Kier molecular flexibility index (Phi) is 8.10. The lowest BCUT2D eigenvalue weighted by Crippen LogP contribution is -2.45. The number of nitrogens with one attached hydrogen (secondary N) is 2. The molecule has 0 radical (unpaired) electrons. The molecule has 1 aliphatic heterocycles. The molecule has 0 fully saturated rings. The number of aromatic nitrogens is 1. The molecule has 10 nitrogen and oxygen atoms in total. The Bertz CT molecular complexity index is 1310. The highest BCUT2D eigenvalue weighted by Gasteiger charge is 2.29. The summed E-state index contributed by atoms with van der Waals surface area (Å²) < 4.78 is 17.4. The first-order chi connectivity index (χ1) is 17.5. The number of allylic oxidation sites excluding steroid dienone is 1. The lowest BCUT2D eigenvalue weighted by atomic mass is 9.94. The van der Waals surface area contributed by atoms with Gasteiger partial charge in [0, 0.05) is 47.4 Å². The molecule has 3 rings (SSSR count). The SMILES string of the molecule is CCOC(=O)C(C)(C)N/C=C(\C=N)c1cc2c(cc1OC)-c1cc(=O)c(C(=O)OC)cn1N(C(C)C)C2. The summed E-state index contributed by atoms with van der Waals surface area (Å²) in [6, 6.07) is 5.20.